The number of rotatable bonds is 5. The molecule has 21 heavy (non-hydrogen) atoms. The van der Waals surface area contributed by atoms with Gasteiger partial charge in [0.25, 0.3) is 5.91 Å². The number of para-hydroxylation sites is 1. The second-order valence-electron chi connectivity index (χ2n) is 4.65. The summed E-state index contributed by atoms with van der Waals surface area (Å²) in [5.74, 6) is -0.0870. The summed E-state index contributed by atoms with van der Waals surface area (Å²) in [5.41, 5.74) is 1.16. The molecule has 110 valence electrons. The molecule has 2 rings (SSSR count). The quantitative estimate of drug-likeness (QED) is 0.914. The Morgan fingerprint density at radius 2 is 2.10 bits per heavy atom. The number of amides is 1. The van der Waals surface area contributed by atoms with Crippen LogP contribution in [0.5, 0.6) is 11.5 Å². The first kappa shape index (κ1) is 14.8. The summed E-state index contributed by atoms with van der Waals surface area (Å²) in [6.45, 7) is 0.520. The molecule has 1 aromatic carbocycles. The number of hydrogen-bond acceptors (Lipinski definition) is 4. The van der Waals surface area contributed by atoms with E-state index in [-0.39, 0.29) is 17.2 Å². The van der Waals surface area contributed by atoms with Crippen LogP contribution in [0.2, 0.25) is 0 Å². The van der Waals surface area contributed by atoms with Crippen LogP contribution in [-0.2, 0) is 6.42 Å². The van der Waals surface area contributed by atoms with Crippen LogP contribution >= 0.6 is 0 Å². The van der Waals surface area contributed by atoms with Crippen LogP contribution in [0.4, 0.5) is 0 Å². The summed E-state index contributed by atoms with van der Waals surface area (Å²) < 4.78 is 5.01. The predicted molar refractivity (Wildman–Crippen MR) is 79.6 cm³/mol. The molecule has 0 spiro atoms. The molecular weight excluding hydrogens is 268 g/mol. The number of hydrogen-bond donors (Lipinski definition) is 1. The van der Waals surface area contributed by atoms with Crippen molar-refractivity contribution in [3.63, 3.8) is 0 Å². The van der Waals surface area contributed by atoms with Crippen LogP contribution in [0.3, 0.4) is 0 Å². The zero-order chi connectivity index (χ0) is 15.2. The smallest absolute Gasteiger partial charge is 0.257 e. The normalized spacial score (nSPS) is 10.2. The lowest BCUT2D eigenvalue weighted by Crippen LogP contribution is -2.29. The average Bonchev–Trinajstić information content (AvgIpc) is 2.53. The first-order valence-electron chi connectivity index (χ1n) is 6.65. The molecule has 0 aliphatic carbocycles. The van der Waals surface area contributed by atoms with Gasteiger partial charge in [0.15, 0.2) is 11.5 Å². The van der Waals surface area contributed by atoms with E-state index in [1.807, 2.05) is 18.2 Å². The van der Waals surface area contributed by atoms with Gasteiger partial charge in [-0.15, -0.1) is 0 Å². The summed E-state index contributed by atoms with van der Waals surface area (Å²) >= 11 is 0. The molecular formula is C16H18N2O3. The molecule has 1 aromatic heterocycles. The van der Waals surface area contributed by atoms with Crippen LogP contribution in [-0.4, -0.2) is 41.6 Å². The van der Waals surface area contributed by atoms with Crippen molar-refractivity contribution in [2.24, 2.45) is 0 Å². The minimum atomic E-state index is -0.248. The number of ether oxygens (including phenoxy) is 1. The van der Waals surface area contributed by atoms with E-state index in [0.29, 0.717) is 18.7 Å². The van der Waals surface area contributed by atoms with Crippen LogP contribution < -0.4 is 4.74 Å². The van der Waals surface area contributed by atoms with Crippen LogP contribution in [0, 0.1) is 0 Å². The zero-order valence-corrected chi connectivity index (χ0v) is 12.1. The Balaban J connectivity index is 2.06. The van der Waals surface area contributed by atoms with E-state index in [2.05, 4.69) is 4.98 Å². The third-order valence-corrected chi connectivity index (χ3v) is 3.23. The molecule has 0 saturated carbocycles. The lowest BCUT2D eigenvalue weighted by Gasteiger charge is -2.18. The van der Waals surface area contributed by atoms with Crippen LogP contribution in [0.25, 0.3) is 0 Å². The molecule has 1 amide bonds. The van der Waals surface area contributed by atoms with Crippen molar-refractivity contribution in [1.82, 2.24) is 9.88 Å². The topological polar surface area (TPSA) is 62.7 Å². The van der Waals surface area contributed by atoms with Gasteiger partial charge in [0, 0.05) is 31.9 Å². The van der Waals surface area contributed by atoms with Gasteiger partial charge < -0.3 is 14.7 Å². The maximum atomic E-state index is 12.3. The number of carbonyl (C=O) groups is 1. The van der Waals surface area contributed by atoms with Crippen molar-refractivity contribution in [3.05, 3.63) is 53.9 Å². The van der Waals surface area contributed by atoms with E-state index >= 15 is 0 Å². The maximum Gasteiger partial charge on any atom is 0.257 e. The van der Waals surface area contributed by atoms with Crippen molar-refractivity contribution in [3.8, 4) is 11.5 Å². The largest absolute Gasteiger partial charge is 0.504 e. The Morgan fingerprint density at radius 3 is 2.76 bits per heavy atom. The number of methoxy groups -OCH3 is 1. The van der Waals surface area contributed by atoms with E-state index in [0.717, 1.165) is 5.69 Å². The molecule has 0 unspecified atom stereocenters. The fourth-order valence-electron chi connectivity index (χ4n) is 2.00. The Kier molecular flexibility index (Phi) is 4.77. The molecule has 0 fully saturated rings. The van der Waals surface area contributed by atoms with E-state index in [1.165, 1.54) is 7.11 Å². The van der Waals surface area contributed by atoms with E-state index < -0.39 is 0 Å². The fraction of sp³-hybridized carbons (Fsp3) is 0.250. The van der Waals surface area contributed by atoms with Gasteiger partial charge in [-0.05, 0) is 24.3 Å². The average molecular weight is 286 g/mol. The van der Waals surface area contributed by atoms with Gasteiger partial charge in [-0.2, -0.15) is 0 Å². The third-order valence-electron chi connectivity index (χ3n) is 3.23. The standard InChI is InChI=1S/C16H18N2O3/c1-18(11-9-12-6-3-4-10-17-12)16(20)13-7-5-8-14(21-2)15(13)19/h3-8,10,19H,9,11H2,1-2H3. The molecule has 1 N–H and O–H groups in total. The summed E-state index contributed by atoms with van der Waals surface area (Å²) in [6, 6.07) is 10.6. The van der Waals surface area contributed by atoms with Gasteiger partial charge in [-0.25, -0.2) is 0 Å². The fourth-order valence-corrected chi connectivity index (χ4v) is 2.00. The Morgan fingerprint density at radius 1 is 1.29 bits per heavy atom. The van der Waals surface area contributed by atoms with E-state index in [9.17, 15) is 9.90 Å². The predicted octanol–water partition coefficient (Wildman–Crippen LogP) is 2.11. The second kappa shape index (κ2) is 6.74. The first-order chi connectivity index (χ1) is 10.1. The van der Waals surface area contributed by atoms with Gasteiger partial charge in [-0.1, -0.05) is 12.1 Å². The minimum absolute atomic E-state index is 0.130. The summed E-state index contributed by atoms with van der Waals surface area (Å²) in [4.78, 5) is 18.1. The molecule has 0 aliphatic heterocycles. The number of likely N-dealkylation sites (N-methyl/N-ethyl adjacent to an activating group) is 1. The van der Waals surface area contributed by atoms with Crippen molar-refractivity contribution in [2.75, 3.05) is 20.7 Å². The Hall–Kier alpha value is -2.56. The molecule has 0 radical (unpaired) electrons. The van der Waals surface area contributed by atoms with Crippen molar-refractivity contribution >= 4 is 5.91 Å². The highest BCUT2D eigenvalue weighted by atomic mass is 16.5. The number of nitrogens with zero attached hydrogens (tertiary/aromatic N) is 2. The van der Waals surface area contributed by atoms with Crippen molar-refractivity contribution in [1.29, 1.82) is 0 Å². The molecule has 0 saturated heterocycles. The van der Waals surface area contributed by atoms with Gasteiger partial charge in [0.05, 0.1) is 12.7 Å². The van der Waals surface area contributed by atoms with Crippen molar-refractivity contribution < 1.29 is 14.6 Å². The van der Waals surface area contributed by atoms with Crippen molar-refractivity contribution in [2.45, 2.75) is 6.42 Å². The van der Waals surface area contributed by atoms with E-state index in [1.54, 1.807) is 36.3 Å². The number of aromatic nitrogens is 1. The van der Waals surface area contributed by atoms with Gasteiger partial charge in [0.2, 0.25) is 0 Å². The Labute approximate surface area is 123 Å². The van der Waals surface area contributed by atoms with Gasteiger partial charge in [-0.3, -0.25) is 9.78 Å². The third kappa shape index (κ3) is 3.51. The molecule has 5 nitrogen and oxygen atoms in total. The van der Waals surface area contributed by atoms with Gasteiger partial charge in [0.1, 0.15) is 0 Å². The van der Waals surface area contributed by atoms with E-state index in [4.69, 9.17) is 4.74 Å². The number of pyridine rings is 1. The number of carbonyl (C=O) groups excluding carboxylic acids is 1. The lowest BCUT2D eigenvalue weighted by molar-refractivity contribution is 0.0792. The number of phenols is 1. The van der Waals surface area contributed by atoms with Gasteiger partial charge >= 0.3 is 0 Å². The molecule has 0 atom stereocenters. The number of aromatic hydroxyl groups is 1. The molecule has 1 heterocycles. The molecule has 0 bridgehead atoms. The summed E-state index contributed by atoms with van der Waals surface area (Å²) in [7, 11) is 3.15. The maximum absolute atomic E-state index is 12.3. The summed E-state index contributed by atoms with van der Waals surface area (Å²) in [5, 5.41) is 10.0. The minimum Gasteiger partial charge on any atom is -0.504 e. The zero-order valence-electron chi connectivity index (χ0n) is 12.1. The molecule has 2 aromatic rings. The highest BCUT2D eigenvalue weighted by Gasteiger charge is 2.18. The lowest BCUT2D eigenvalue weighted by atomic mass is 10.1. The monoisotopic (exact) mass is 286 g/mol. The van der Waals surface area contributed by atoms with Crippen LogP contribution in [0.15, 0.2) is 42.6 Å². The number of benzene rings is 1. The number of phenolic OH excluding ortho intramolecular Hbond substituents is 1. The SMILES string of the molecule is COc1cccc(C(=O)N(C)CCc2ccccn2)c1O. The Bertz CT molecular complexity index is 614. The highest BCUT2D eigenvalue weighted by molar-refractivity contribution is 5.97. The highest BCUT2D eigenvalue weighted by Crippen LogP contribution is 2.29. The first-order valence-corrected chi connectivity index (χ1v) is 6.65. The molecule has 0 aliphatic rings. The summed E-state index contributed by atoms with van der Waals surface area (Å²) in [6.07, 6.45) is 2.39. The molecule has 5 heteroatoms. The second-order valence-corrected chi connectivity index (χ2v) is 4.65. The van der Waals surface area contributed by atoms with Crippen LogP contribution in [0.1, 0.15) is 16.1 Å².